The Kier molecular flexibility index (Phi) is 58.5. The summed E-state index contributed by atoms with van der Waals surface area (Å²) in [6.45, 7) is 3.47. The Labute approximate surface area is 519 Å². The van der Waals surface area contributed by atoms with Gasteiger partial charge in [0.2, 0.25) is 5.91 Å². The number of aliphatic hydroxyl groups excluding tert-OH is 4. The van der Waals surface area contributed by atoms with Crippen molar-refractivity contribution in [2.24, 2.45) is 0 Å². The summed E-state index contributed by atoms with van der Waals surface area (Å²) in [4.78, 5) is 13.2. The van der Waals surface area contributed by atoms with Gasteiger partial charge in [-0.25, -0.2) is 4.18 Å². The van der Waals surface area contributed by atoms with Crippen molar-refractivity contribution in [2.45, 2.75) is 423 Å². The Bertz CT molecular complexity index is 1520. The van der Waals surface area contributed by atoms with E-state index in [2.05, 4.69) is 23.3 Å². The molecule has 1 heterocycles. The lowest BCUT2D eigenvalue weighted by molar-refractivity contribution is -0.298. The second kappa shape index (κ2) is 60.7. The molecule has 1 saturated heterocycles. The van der Waals surface area contributed by atoms with Crippen LogP contribution in [0, 0.1) is 0 Å². The van der Waals surface area contributed by atoms with Crippen LogP contribution in [0.5, 0.6) is 0 Å². The summed E-state index contributed by atoms with van der Waals surface area (Å²) in [7, 11) is -5.09. The number of allylic oxidation sites excluding steroid dienone is 1. The summed E-state index contributed by atoms with van der Waals surface area (Å²) in [5.41, 5.74) is 0. The number of ether oxygens (including phenoxy) is 2. The minimum Gasteiger partial charge on any atom is -0.394 e. The van der Waals surface area contributed by atoms with Gasteiger partial charge in [-0.1, -0.05) is 366 Å². The van der Waals surface area contributed by atoms with Crippen LogP contribution in [0.4, 0.5) is 0 Å². The Morgan fingerprint density at radius 3 is 1.04 bits per heavy atom. The number of hydrogen-bond donors (Lipinski definition) is 6. The highest BCUT2D eigenvalue weighted by Gasteiger charge is 2.48. The van der Waals surface area contributed by atoms with Crippen molar-refractivity contribution in [2.75, 3.05) is 13.2 Å². The van der Waals surface area contributed by atoms with Crippen LogP contribution in [0.3, 0.4) is 0 Å². The normalized spacial score (nSPS) is 18.3. The van der Waals surface area contributed by atoms with E-state index in [-0.39, 0.29) is 18.9 Å². The average Bonchev–Trinajstić information content (AvgIpc) is 3.67. The summed E-state index contributed by atoms with van der Waals surface area (Å²) in [5.74, 6) is -0.252. The third kappa shape index (κ3) is 51.7. The molecule has 0 saturated carbocycles. The first-order valence-corrected chi connectivity index (χ1v) is 37.9. The van der Waals surface area contributed by atoms with E-state index in [1.165, 1.54) is 315 Å². The quantitative estimate of drug-likeness (QED) is 0.0193. The van der Waals surface area contributed by atoms with Crippen molar-refractivity contribution in [3.05, 3.63) is 12.2 Å². The molecule has 0 aromatic carbocycles. The van der Waals surface area contributed by atoms with Crippen LogP contribution in [0.2, 0.25) is 0 Å². The van der Waals surface area contributed by atoms with Crippen LogP contribution in [0.1, 0.15) is 380 Å². The summed E-state index contributed by atoms with van der Waals surface area (Å²) in [6, 6.07) is -0.942. The van der Waals surface area contributed by atoms with E-state index in [4.69, 9.17) is 9.47 Å². The maximum atomic E-state index is 13.2. The molecule has 0 aromatic heterocycles. The van der Waals surface area contributed by atoms with E-state index in [1.807, 2.05) is 6.08 Å². The smallest absolute Gasteiger partial charge is 0.394 e. The lowest BCUT2D eigenvalue weighted by atomic mass is 9.99. The second-order valence-corrected chi connectivity index (χ2v) is 26.9. The first-order chi connectivity index (χ1) is 41.0. The Morgan fingerprint density at radius 1 is 0.464 bits per heavy atom. The van der Waals surface area contributed by atoms with E-state index >= 15 is 0 Å². The molecule has 1 aliphatic heterocycles. The molecule has 0 bridgehead atoms. The Morgan fingerprint density at radius 2 is 0.750 bits per heavy atom. The number of amides is 1. The second-order valence-electron chi connectivity index (χ2n) is 25.9. The van der Waals surface area contributed by atoms with Gasteiger partial charge in [0, 0.05) is 6.42 Å². The van der Waals surface area contributed by atoms with Crippen LogP contribution in [0.25, 0.3) is 0 Å². The van der Waals surface area contributed by atoms with Crippen LogP contribution in [-0.2, 0) is 28.9 Å². The summed E-state index contributed by atoms with van der Waals surface area (Å²) in [6.07, 6.45) is 68.8. The van der Waals surface area contributed by atoms with E-state index in [0.717, 1.165) is 38.5 Å². The highest BCUT2D eigenvalue weighted by atomic mass is 32.3. The van der Waals surface area contributed by atoms with Crippen molar-refractivity contribution >= 4 is 16.3 Å². The molecule has 12 nitrogen and oxygen atoms in total. The Balaban J connectivity index is 2.19. The molecule has 13 heteroatoms. The molecule has 0 spiro atoms. The largest absolute Gasteiger partial charge is 0.397 e. The van der Waals surface area contributed by atoms with Crippen LogP contribution in [0.15, 0.2) is 12.2 Å². The van der Waals surface area contributed by atoms with Gasteiger partial charge in [-0.3, -0.25) is 9.35 Å². The number of carbonyl (C=O) groups excluding carboxylic acids is 1. The van der Waals surface area contributed by atoms with Crippen LogP contribution < -0.4 is 5.32 Å². The molecular weight excluding hydrogens is 1070 g/mol. The summed E-state index contributed by atoms with van der Waals surface area (Å²) < 4.78 is 48.1. The minimum absolute atomic E-state index is 0.252. The number of carbonyl (C=O) groups is 1. The summed E-state index contributed by atoms with van der Waals surface area (Å²) in [5, 5.41) is 45.2. The highest BCUT2D eigenvalue weighted by molar-refractivity contribution is 7.80. The third-order valence-electron chi connectivity index (χ3n) is 17.8. The molecule has 6 N–H and O–H groups in total. The van der Waals surface area contributed by atoms with Gasteiger partial charge in [-0.05, 0) is 19.3 Å². The molecular formula is C71H139NO11S. The maximum absolute atomic E-state index is 13.2. The molecule has 0 aliphatic carbocycles. The highest BCUT2D eigenvalue weighted by Crippen LogP contribution is 2.27. The van der Waals surface area contributed by atoms with Crippen molar-refractivity contribution < 1.29 is 51.8 Å². The molecule has 1 rings (SSSR count). The maximum Gasteiger partial charge on any atom is 0.397 e. The average molecular weight is 1210 g/mol. The first-order valence-electron chi connectivity index (χ1n) is 36.6. The predicted octanol–water partition coefficient (Wildman–Crippen LogP) is 19.3. The topological polar surface area (TPSA) is 192 Å². The number of nitrogens with one attached hydrogen (secondary N) is 1. The Hall–Kier alpha value is -1.16. The van der Waals surface area contributed by atoms with Gasteiger partial charge >= 0.3 is 10.4 Å². The number of rotatable bonds is 66. The molecule has 0 radical (unpaired) electrons. The SMILES string of the molecule is CCCCCCCCCCCCCCCCCCCCCC/C=C/C(O)C(COC1OC(CO)C(O)C(OS(=O)(=O)O)C1O)NC(=O)CCCCCCCCCCCCCCCCCCCCCCCCCCCCCCCCCCCCC. The first kappa shape index (κ1) is 80.9. The van der Waals surface area contributed by atoms with E-state index < -0.39 is 59.9 Å². The summed E-state index contributed by atoms with van der Waals surface area (Å²) >= 11 is 0. The van der Waals surface area contributed by atoms with E-state index in [0.29, 0.717) is 6.42 Å². The monoisotopic (exact) mass is 1210 g/mol. The fraction of sp³-hybridized carbons (Fsp3) is 0.958. The van der Waals surface area contributed by atoms with Gasteiger partial charge in [-0.15, -0.1) is 0 Å². The molecule has 0 aromatic rings. The van der Waals surface area contributed by atoms with Gasteiger partial charge in [-0.2, -0.15) is 8.42 Å². The van der Waals surface area contributed by atoms with Gasteiger partial charge in [0.25, 0.3) is 0 Å². The molecule has 7 unspecified atom stereocenters. The molecule has 1 aliphatic rings. The lowest BCUT2D eigenvalue weighted by Gasteiger charge is -2.41. The third-order valence-corrected chi connectivity index (χ3v) is 18.3. The molecule has 84 heavy (non-hydrogen) atoms. The fourth-order valence-electron chi connectivity index (χ4n) is 12.2. The fourth-order valence-corrected chi connectivity index (χ4v) is 12.7. The van der Waals surface area contributed by atoms with Crippen molar-refractivity contribution in [1.29, 1.82) is 0 Å². The molecule has 1 amide bonds. The predicted molar refractivity (Wildman–Crippen MR) is 352 cm³/mol. The van der Waals surface area contributed by atoms with Crippen molar-refractivity contribution in [1.82, 2.24) is 5.32 Å². The van der Waals surface area contributed by atoms with Gasteiger partial charge in [0.1, 0.15) is 24.4 Å². The molecule has 7 atom stereocenters. The standard InChI is InChI=1S/C71H139NO11S/c1-3-5-7-9-11-13-15-17-19-21-23-25-27-28-29-30-31-32-33-34-35-36-37-38-39-41-43-45-47-49-51-53-55-57-59-61-67(75)72-64(63-81-71-69(77)70(83-84(78,79)80)68(76)66(62-73)82-71)65(74)60-58-56-54-52-50-48-46-44-42-40-26-24-22-20-18-16-14-12-10-8-6-4-2/h58,60,64-66,68-71,73-74,76-77H,3-57,59,61-63H2,1-2H3,(H,72,75)(H,78,79,80)/b60-58+. The van der Waals surface area contributed by atoms with E-state index in [1.54, 1.807) is 6.08 Å². The number of hydrogen-bond acceptors (Lipinski definition) is 10. The van der Waals surface area contributed by atoms with Crippen LogP contribution >= 0.6 is 0 Å². The van der Waals surface area contributed by atoms with Gasteiger partial charge in [0.15, 0.2) is 6.29 Å². The molecule has 500 valence electrons. The molecule has 1 fully saturated rings. The number of unbranched alkanes of at least 4 members (excludes halogenated alkanes) is 54. The lowest BCUT2D eigenvalue weighted by Crippen LogP contribution is -2.61. The minimum atomic E-state index is -5.09. The zero-order chi connectivity index (χ0) is 61.1. The van der Waals surface area contributed by atoms with E-state index in [9.17, 15) is 38.2 Å². The van der Waals surface area contributed by atoms with Crippen LogP contribution in [-0.4, -0.2) is 95.4 Å². The van der Waals surface area contributed by atoms with Gasteiger partial charge in [0.05, 0.1) is 25.4 Å². The number of aliphatic hydroxyl groups is 4. The zero-order valence-electron chi connectivity index (χ0n) is 55.0. The van der Waals surface area contributed by atoms with Crippen molar-refractivity contribution in [3.8, 4) is 0 Å². The zero-order valence-corrected chi connectivity index (χ0v) is 55.8. The van der Waals surface area contributed by atoms with Crippen molar-refractivity contribution in [3.63, 3.8) is 0 Å². The van der Waals surface area contributed by atoms with Gasteiger partial charge < -0.3 is 35.2 Å².